The highest BCUT2D eigenvalue weighted by atomic mass is 16.6. The van der Waals surface area contributed by atoms with E-state index < -0.39 is 23.7 Å². The molecule has 0 heterocycles. The Kier molecular flexibility index (Phi) is 5.13. The fourth-order valence-corrected chi connectivity index (χ4v) is 1.68. The second-order valence-corrected chi connectivity index (χ2v) is 5.71. The summed E-state index contributed by atoms with van der Waals surface area (Å²) < 4.78 is 5.15. The Morgan fingerprint density at radius 1 is 1.25 bits per heavy atom. The van der Waals surface area contributed by atoms with E-state index in [0.29, 0.717) is 0 Å². The van der Waals surface area contributed by atoms with Gasteiger partial charge in [-0.1, -0.05) is 29.8 Å². The Hall–Kier alpha value is -2.04. The number of benzene rings is 1. The molecular formula is C15H21NO4. The van der Waals surface area contributed by atoms with E-state index in [1.807, 2.05) is 19.1 Å². The molecule has 0 saturated heterocycles. The van der Waals surface area contributed by atoms with E-state index in [0.717, 1.165) is 11.1 Å². The highest BCUT2D eigenvalue weighted by molar-refractivity contribution is 5.72. The fraction of sp³-hybridized carbons (Fsp3) is 0.467. The van der Waals surface area contributed by atoms with Crippen LogP contribution in [0.5, 0.6) is 0 Å². The Morgan fingerprint density at radius 3 is 2.25 bits per heavy atom. The minimum absolute atomic E-state index is 0.192. The van der Waals surface area contributed by atoms with Gasteiger partial charge in [-0.2, -0.15) is 0 Å². The van der Waals surface area contributed by atoms with E-state index in [-0.39, 0.29) is 6.42 Å². The number of carbonyl (C=O) groups excluding carboxylic acids is 1. The molecule has 1 aromatic carbocycles. The lowest BCUT2D eigenvalue weighted by Crippen LogP contribution is -2.35. The van der Waals surface area contributed by atoms with Crippen molar-refractivity contribution in [3.63, 3.8) is 0 Å². The quantitative estimate of drug-likeness (QED) is 0.888. The monoisotopic (exact) mass is 279 g/mol. The summed E-state index contributed by atoms with van der Waals surface area (Å²) in [4.78, 5) is 22.7. The molecule has 0 unspecified atom stereocenters. The largest absolute Gasteiger partial charge is 0.481 e. The van der Waals surface area contributed by atoms with Gasteiger partial charge in [0, 0.05) is 0 Å². The second-order valence-electron chi connectivity index (χ2n) is 5.71. The Balaban J connectivity index is 2.82. The lowest BCUT2D eigenvalue weighted by molar-refractivity contribution is -0.137. The topological polar surface area (TPSA) is 75.6 Å². The highest BCUT2D eigenvalue weighted by Crippen LogP contribution is 2.18. The smallest absolute Gasteiger partial charge is 0.408 e. The Morgan fingerprint density at radius 2 is 1.80 bits per heavy atom. The Bertz CT molecular complexity index is 474. The normalized spacial score (nSPS) is 12.6. The third-order valence-corrected chi connectivity index (χ3v) is 2.55. The second kappa shape index (κ2) is 6.41. The molecule has 0 radical (unpaired) electrons. The molecular weight excluding hydrogens is 258 g/mol. The maximum absolute atomic E-state index is 11.8. The van der Waals surface area contributed by atoms with Crippen LogP contribution >= 0.6 is 0 Å². The minimum Gasteiger partial charge on any atom is -0.481 e. The van der Waals surface area contributed by atoms with Gasteiger partial charge in [-0.25, -0.2) is 4.79 Å². The molecule has 1 amide bonds. The molecule has 0 bridgehead atoms. The number of amides is 1. The summed E-state index contributed by atoms with van der Waals surface area (Å²) in [7, 11) is 0. The zero-order valence-electron chi connectivity index (χ0n) is 12.3. The summed E-state index contributed by atoms with van der Waals surface area (Å²) in [6, 6.07) is 6.76. The molecule has 5 heteroatoms. The molecule has 0 saturated carbocycles. The number of carboxylic acids is 1. The standard InChI is InChI=1S/C15H21NO4/c1-10-5-7-11(8-6-10)12(9-13(17)18)16-14(19)20-15(2,3)4/h5-8,12H,9H2,1-4H3,(H,16,19)(H,17,18)/t12-/m1/s1. The predicted molar refractivity (Wildman–Crippen MR) is 75.5 cm³/mol. The van der Waals surface area contributed by atoms with Crippen LogP contribution in [0.25, 0.3) is 0 Å². The summed E-state index contributed by atoms with van der Waals surface area (Å²) in [5.74, 6) is -0.980. The summed E-state index contributed by atoms with van der Waals surface area (Å²) in [6.07, 6.45) is -0.813. The zero-order valence-corrected chi connectivity index (χ0v) is 12.3. The molecule has 0 aliphatic carbocycles. The molecule has 20 heavy (non-hydrogen) atoms. The van der Waals surface area contributed by atoms with Crippen molar-refractivity contribution in [2.24, 2.45) is 0 Å². The molecule has 0 aliphatic heterocycles. The van der Waals surface area contributed by atoms with Crippen LogP contribution in [0.1, 0.15) is 44.4 Å². The van der Waals surface area contributed by atoms with Crippen LogP contribution in [-0.2, 0) is 9.53 Å². The maximum atomic E-state index is 11.8. The number of hydrogen-bond acceptors (Lipinski definition) is 3. The molecule has 0 aromatic heterocycles. The number of carbonyl (C=O) groups is 2. The van der Waals surface area contributed by atoms with Crippen LogP contribution in [0.3, 0.4) is 0 Å². The molecule has 2 N–H and O–H groups in total. The van der Waals surface area contributed by atoms with Crippen molar-refractivity contribution in [2.75, 3.05) is 0 Å². The lowest BCUT2D eigenvalue weighted by atomic mass is 10.0. The van der Waals surface area contributed by atoms with Crippen molar-refractivity contribution < 1.29 is 19.4 Å². The van der Waals surface area contributed by atoms with Crippen molar-refractivity contribution >= 4 is 12.1 Å². The van der Waals surface area contributed by atoms with Crippen LogP contribution in [0, 0.1) is 6.92 Å². The summed E-state index contributed by atoms with van der Waals surface area (Å²) in [6.45, 7) is 7.21. The maximum Gasteiger partial charge on any atom is 0.408 e. The SMILES string of the molecule is Cc1ccc([C@@H](CC(=O)O)NC(=O)OC(C)(C)C)cc1. The number of carboxylic acid groups (broad SMARTS) is 1. The average molecular weight is 279 g/mol. The predicted octanol–water partition coefficient (Wildman–Crippen LogP) is 3.04. The summed E-state index contributed by atoms with van der Waals surface area (Å²) >= 11 is 0. The third kappa shape index (κ3) is 5.73. The number of aliphatic carboxylic acids is 1. The van der Waals surface area contributed by atoms with Gasteiger partial charge in [0.15, 0.2) is 0 Å². The van der Waals surface area contributed by atoms with E-state index in [4.69, 9.17) is 9.84 Å². The van der Waals surface area contributed by atoms with Crippen molar-refractivity contribution in [3.8, 4) is 0 Å². The first-order valence-corrected chi connectivity index (χ1v) is 6.45. The highest BCUT2D eigenvalue weighted by Gasteiger charge is 2.22. The van der Waals surface area contributed by atoms with Crippen molar-refractivity contribution in [1.29, 1.82) is 0 Å². The number of ether oxygens (including phenoxy) is 1. The molecule has 1 rings (SSSR count). The molecule has 1 atom stereocenters. The van der Waals surface area contributed by atoms with E-state index in [9.17, 15) is 9.59 Å². The van der Waals surface area contributed by atoms with Crippen molar-refractivity contribution in [1.82, 2.24) is 5.32 Å². The van der Waals surface area contributed by atoms with E-state index in [1.54, 1.807) is 32.9 Å². The molecule has 0 aliphatic rings. The number of rotatable bonds is 4. The first-order valence-electron chi connectivity index (χ1n) is 6.45. The van der Waals surface area contributed by atoms with Crippen molar-refractivity contribution in [2.45, 2.75) is 45.8 Å². The van der Waals surface area contributed by atoms with E-state index in [2.05, 4.69) is 5.32 Å². The van der Waals surface area contributed by atoms with Crippen LogP contribution in [0.15, 0.2) is 24.3 Å². The van der Waals surface area contributed by atoms with E-state index in [1.165, 1.54) is 0 Å². The van der Waals surface area contributed by atoms with Gasteiger partial charge >= 0.3 is 12.1 Å². The first-order chi connectivity index (χ1) is 9.17. The number of hydrogen-bond donors (Lipinski definition) is 2. The average Bonchev–Trinajstić information content (AvgIpc) is 2.25. The third-order valence-electron chi connectivity index (χ3n) is 2.55. The fourth-order valence-electron chi connectivity index (χ4n) is 1.68. The summed E-state index contributed by atoms with van der Waals surface area (Å²) in [5.41, 5.74) is 1.19. The van der Waals surface area contributed by atoms with Gasteiger partial charge in [-0.05, 0) is 33.3 Å². The van der Waals surface area contributed by atoms with Gasteiger partial charge in [0.1, 0.15) is 5.60 Å². The summed E-state index contributed by atoms with van der Waals surface area (Å²) in [5, 5.41) is 11.6. The molecule has 1 aromatic rings. The van der Waals surface area contributed by atoms with Crippen molar-refractivity contribution in [3.05, 3.63) is 35.4 Å². The van der Waals surface area contributed by atoms with Gasteiger partial charge < -0.3 is 15.2 Å². The van der Waals surface area contributed by atoms with E-state index >= 15 is 0 Å². The molecule has 0 fully saturated rings. The van der Waals surface area contributed by atoms with Crippen LogP contribution in [0.2, 0.25) is 0 Å². The van der Waals surface area contributed by atoms with Crippen LogP contribution < -0.4 is 5.32 Å². The molecule has 110 valence electrons. The molecule has 0 spiro atoms. The number of aryl methyl sites for hydroxylation is 1. The van der Waals surface area contributed by atoms with Gasteiger partial charge in [0.2, 0.25) is 0 Å². The number of nitrogens with one attached hydrogen (secondary N) is 1. The Labute approximate surface area is 118 Å². The van der Waals surface area contributed by atoms with Crippen LogP contribution in [0.4, 0.5) is 4.79 Å². The minimum atomic E-state index is -0.980. The first kappa shape index (κ1) is 16.0. The number of alkyl carbamates (subject to hydrolysis) is 1. The molecule has 5 nitrogen and oxygen atoms in total. The van der Waals surface area contributed by atoms with Gasteiger partial charge in [0.25, 0.3) is 0 Å². The van der Waals surface area contributed by atoms with Gasteiger partial charge in [-0.3, -0.25) is 4.79 Å². The van der Waals surface area contributed by atoms with Gasteiger partial charge in [0.05, 0.1) is 12.5 Å². The lowest BCUT2D eigenvalue weighted by Gasteiger charge is -2.23. The zero-order chi connectivity index (χ0) is 15.3. The van der Waals surface area contributed by atoms with Crippen LogP contribution in [-0.4, -0.2) is 22.8 Å². The van der Waals surface area contributed by atoms with Gasteiger partial charge in [-0.15, -0.1) is 0 Å².